The molecule has 0 aliphatic carbocycles. The van der Waals surface area contributed by atoms with Gasteiger partial charge in [-0.2, -0.15) is 4.31 Å². The largest absolute Gasteiger partial charge is 0.378 e. The highest BCUT2D eigenvalue weighted by Crippen LogP contribution is 2.30. The van der Waals surface area contributed by atoms with E-state index in [2.05, 4.69) is 4.90 Å². The van der Waals surface area contributed by atoms with Crippen LogP contribution in [-0.2, 0) is 27.8 Å². The van der Waals surface area contributed by atoms with E-state index < -0.39 is 10.0 Å². The molecule has 2 heterocycles. The van der Waals surface area contributed by atoms with Crippen LogP contribution < -0.4 is 4.90 Å². The van der Waals surface area contributed by atoms with Gasteiger partial charge < -0.3 is 9.64 Å². The number of hydrogen-bond donors (Lipinski definition) is 0. The third-order valence-electron chi connectivity index (χ3n) is 6.05. The summed E-state index contributed by atoms with van der Waals surface area (Å²) in [6.45, 7) is 4.22. The molecule has 4 rings (SSSR count). The Labute approximate surface area is 212 Å². The average molecular weight is 515 g/mol. The summed E-state index contributed by atoms with van der Waals surface area (Å²) in [5.74, 6) is 1.62. The van der Waals surface area contributed by atoms with Crippen LogP contribution in [0.2, 0.25) is 5.02 Å². The van der Waals surface area contributed by atoms with E-state index in [-0.39, 0.29) is 5.75 Å². The molecule has 1 aliphatic heterocycles. The molecule has 1 saturated heterocycles. The van der Waals surface area contributed by atoms with Crippen LogP contribution in [0.1, 0.15) is 30.2 Å². The minimum atomic E-state index is -3.23. The van der Waals surface area contributed by atoms with Crippen molar-refractivity contribution >= 4 is 27.4 Å². The first kappa shape index (κ1) is 25.6. The van der Waals surface area contributed by atoms with Crippen molar-refractivity contribution in [1.29, 1.82) is 0 Å². The molecule has 9 heteroatoms. The van der Waals surface area contributed by atoms with Gasteiger partial charge in [0.25, 0.3) is 0 Å². The molecule has 186 valence electrons. The molecule has 7 nitrogen and oxygen atoms in total. The molecule has 0 N–H and O–H groups in total. The monoisotopic (exact) mass is 514 g/mol. The van der Waals surface area contributed by atoms with Crippen molar-refractivity contribution < 1.29 is 13.2 Å². The van der Waals surface area contributed by atoms with E-state index in [1.807, 2.05) is 61.5 Å². The second-order valence-electron chi connectivity index (χ2n) is 8.60. The fraction of sp³-hybridized carbons (Fsp3) is 0.385. The van der Waals surface area contributed by atoms with Crippen LogP contribution in [0.4, 0.5) is 5.82 Å². The van der Waals surface area contributed by atoms with Crippen LogP contribution in [0.5, 0.6) is 0 Å². The standard InChI is InChI=1S/C26H31ClN4O3S/c1-3-16-35(32,33)31-14-12-30(13-15-31)26-23(18-20-8-7-11-22(27)17-20)24(19-34-2)28-25(29-26)21-9-5-4-6-10-21/h4-11,17H,3,12-16,18-19H2,1-2H3. The summed E-state index contributed by atoms with van der Waals surface area (Å²) in [4.78, 5) is 12.1. The molecule has 3 aromatic rings. The SMILES string of the molecule is CCCS(=O)(=O)N1CCN(c2nc(-c3ccccc3)nc(COC)c2Cc2cccc(Cl)c2)CC1. The van der Waals surface area contributed by atoms with E-state index in [0.29, 0.717) is 56.5 Å². The highest BCUT2D eigenvalue weighted by Gasteiger charge is 2.29. The summed E-state index contributed by atoms with van der Waals surface area (Å²) in [7, 11) is -1.57. The summed E-state index contributed by atoms with van der Waals surface area (Å²) in [5.41, 5.74) is 3.76. The number of benzene rings is 2. The van der Waals surface area contributed by atoms with Crippen molar-refractivity contribution in [2.24, 2.45) is 0 Å². The Balaban J connectivity index is 1.74. The zero-order chi connectivity index (χ0) is 24.8. The summed E-state index contributed by atoms with van der Waals surface area (Å²) < 4.78 is 32.3. The van der Waals surface area contributed by atoms with Crippen LogP contribution in [0.25, 0.3) is 11.4 Å². The number of anilines is 1. The number of ether oxygens (including phenoxy) is 1. The zero-order valence-corrected chi connectivity index (χ0v) is 21.7. The van der Waals surface area contributed by atoms with E-state index in [1.54, 1.807) is 11.4 Å². The normalized spacial score (nSPS) is 14.9. The van der Waals surface area contributed by atoms with Crippen LogP contribution in [-0.4, -0.2) is 61.7 Å². The lowest BCUT2D eigenvalue weighted by Gasteiger charge is -2.36. The first-order valence-corrected chi connectivity index (χ1v) is 13.8. The first-order valence-electron chi connectivity index (χ1n) is 11.8. The van der Waals surface area contributed by atoms with Crippen LogP contribution in [0, 0.1) is 0 Å². The lowest BCUT2D eigenvalue weighted by Crippen LogP contribution is -2.49. The van der Waals surface area contributed by atoms with Gasteiger partial charge in [0, 0.05) is 55.9 Å². The fourth-order valence-corrected chi connectivity index (χ4v) is 6.06. The van der Waals surface area contributed by atoms with Crippen LogP contribution in [0.3, 0.4) is 0 Å². The number of rotatable bonds is 9. The van der Waals surface area contributed by atoms with Crippen molar-refractivity contribution in [2.75, 3.05) is 43.9 Å². The number of nitrogens with zero attached hydrogens (tertiary/aromatic N) is 4. The highest BCUT2D eigenvalue weighted by molar-refractivity contribution is 7.89. The smallest absolute Gasteiger partial charge is 0.214 e. The van der Waals surface area contributed by atoms with Gasteiger partial charge in [0.05, 0.1) is 18.1 Å². The van der Waals surface area contributed by atoms with E-state index in [9.17, 15) is 8.42 Å². The number of methoxy groups -OCH3 is 1. The average Bonchev–Trinajstić information content (AvgIpc) is 2.86. The van der Waals surface area contributed by atoms with Crippen LogP contribution >= 0.6 is 11.6 Å². The van der Waals surface area contributed by atoms with Gasteiger partial charge in [0.1, 0.15) is 5.82 Å². The van der Waals surface area contributed by atoms with Crippen molar-refractivity contribution in [3.8, 4) is 11.4 Å². The topological polar surface area (TPSA) is 75.6 Å². The fourth-order valence-electron chi connectivity index (χ4n) is 4.35. The molecule has 0 saturated carbocycles. The molecule has 1 fully saturated rings. The maximum atomic E-state index is 12.6. The molecular weight excluding hydrogens is 484 g/mol. The second kappa shape index (κ2) is 11.5. The number of hydrogen-bond acceptors (Lipinski definition) is 6. The summed E-state index contributed by atoms with van der Waals surface area (Å²) >= 11 is 6.26. The van der Waals surface area contributed by atoms with Gasteiger partial charge in [0.2, 0.25) is 10.0 Å². The lowest BCUT2D eigenvalue weighted by molar-refractivity contribution is 0.180. The molecule has 0 radical (unpaired) electrons. The molecule has 35 heavy (non-hydrogen) atoms. The van der Waals surface area contributed by atoms with Gasteiger partial charge in [-0.15, -0.1) is 0 Å². The third-order valence-corrected chi connectivity index (χ3v) is 8.36. The summed E-state index contributed by atoms with van der Waals surface area (Å²) in [6, 6.07) is 17.6. The number of sulfonamides is 1. The van der Waals surface area contributed by atoms with Crippen molar-refractivity contribution in [3.05, 3.63) is 76.4 Å². The summed E-state index contributed by atoms with van der Waals surface area (Å²) in [5, 5.41) is 0.675. The van der Waals surface area contributed by atoms with E-state index in [1.165, 1.54) is 0 Å². The maximum Gasteiger partial charge on any atom is 0.214 e. The van der Waals surface area contributed by atoms with E-state index >= 15 is 0 Å². The molecule has 2 aromatic carbocycles. The molecule has 1 aliphatic rings. The van der Waals surface area contributed by atoms with Crippen molar-refractivity contribution in [3.63, 3.8) is 0 Å². The Morgan fingerprint density at radius 3 is 2.40 bits per heavy atom. The molecule has 0 spiro atoms. The maximum absolute atomic E-state index is 12.6. The Morgan fingerprint density at radius 2 is 1.74 bits per heavy atom. The Hall–Kier alpha value is -2.52. The van der Waals surface area contributed by atoms with Gasteiger partial charge in [-0.1, -0.05) is 61.0 Å². The molecule has 0 bridgehead atoms. The number of halogens is 1. The highest BCUT2D eigenvalue weighted by atomic mass is 35.5. The van der Waals surface area contributed by atoms with Crippen molar-refractivity contribution in [1.82, 2.24) is 14.3 Å². The van der Waals surface area contributed by atoms with Gasteiger partial charge in [0.15, 0.2) is 5.82 Å². The number of aromatic nitrogens is 2. The Bertz CT molecular complexity index is 1250. The van der Waals surface area contributed by atoms with Crippen molar-refractivity contribution in [2.45, 2.75) is 26.4 Å². The van der Waals surface area contributed by atoms with Crippen LogP contribution in [0.15, 0.2) is 54.6 Å². The molecular formula is C26H31ClN4O3S. The Morgan fingerprint density at radius 1 is 1.00 bits per heavy atom. The third kappa shape index (κ3) is 6.19. The minimum absolute atomic E-state index is 0.177. The first-order chi connectivity index (χ1) is 16.9. The van der Waals surface area contributed by atoms with Gasteiger partial charge >= 0.3 is 0 Å². The van der Waals surface area contributed by atoms with E-state index in [4.69, 9.17) is 26.3 Å². The van der Waals surface area contributed by atoms with Gasteiger partial charge in [-0.25, -0.2) is 18.4 Å². The predicted molar refractivity (Wildman–Crippen MR) is 140 cm³/mol. The lowest BCUT2D eigenvalue weighted by atomic mass is 10.0. The van der Waals surface area contributed by atoms with Gasteiger partial charge in [-0.3, -0.25) is 0 Å². The second-order valence-corrected chi connectivity index (χ2v) is 11.1. The predicted octanol–water partition coefficient (Wildman–Crippen LogP) is 4.40. The molecule has 0 amide bonds. The minimum Gasteiger partial charge on any atom is -0.378 e. The molecule has 0 atom stereocenters. The molecule has 0 unspecified atom stereocenters. The van der Waals surface area contributed by atoms with E-state index in [0.717, 1.165) is 28.2 Å². The Kier molecular flexibility index (Phi) is 8.38. The number of piperazine rings is 1. The molecule has 1 aromatic heterocycles. The van der Waals surface area contributed by atoms with Gasteiger partial charge in [-0.05, 0) is 24.1 Å². The summed E-state index contributed by atoms with van der Waals surface area (Å²) in [6.07, 6.45) is 1.21. The quantitative estimate of drug-likeness (QED) is 0.421. The zero-order valence-electron chi connectivity index (χ0n) is 20.2.